The molecular weight excluding hydrogens is 477 g/mol. The van der Waals surface area contributed by atoms with E-state index in [2.05, 4.69) is 5.32 Å². The van der Waals surface area contributed by atoms with Gasteiger partial charge in [0.2, 0.25) is 0 Å². The molecule has 0 saturated heterocycles. The van der Waals surface area contributed by atoms with E-state index in [1.807, 2.05) is 22.9 Å². The molecule has 8 nitrogen and oxygen atoms in total. The number of amides is 1. The van der Waals surface area contributed by atoms with E-state index >= 15 is 0 Å². The first-order valence-corrected chi connectivity index (χ1v) is 9.98. The fourth-order valence-electron chi connectivity index (χ4n) is 3.39. The molecule has 0 bridgehead atoms. The van der Waals surface area contributed by atoms with Crippen LogP contribution in [0.15, 0.2) is 27.8 Å². The summed E-state index contributed by atoms with van der Waals surface area (Å²) in [5.74, 6) is -0.648. The van der Waals surface area contributed by atoms with E-state index in [0.29, 0.717) is 12.8 Å². The lowest BCUT2D eigenvalue weighted by Crippen LogP contribution is -2.44. The Morgan fingerprint density at radius 3 is 2.50 bits per heavy atom. The van der Waals surface area contributed by atoms with Gasteiger partial charge >= 0.3 is 0 Å². The van der Waals surface area contributed by atoms with Gasteiger partial charge in [0.05, 0.1) is 46.3 Å². The fraction of sp³-hybridized carbons (Fsp3) is 0.421. The standard InChI is InChI=1S/C19H22IN3O5/c1-22(2)19(28)10-6-5-8-12(16(10)25)23(20)15-14(17(26)18(15)27)21-11-7-3-4-9-13(11)24/h5-6,8,11,13,21,24-25H,3-4,7,9H2,1-2H3/t11?,13-/m1/s1. The van der Waals surface area contributed by atoms with E-state index in [1.54, 1.807) is 26.2 Å². The SMILES string of the molecule is CN(C)C(=O)c1cccc(N(I)c2c(NC3CCCC[C@H]3O)c(=O)c2=O)c1O. The minimum atomic E-state index is -0.675. The van der Waals surface area contributed by atoms with Crippen LogP contribution in [0.2, 0.25) is 0 Å². The number of benzene rings is 1. The number of para-hydroxylation sites is 1. The summed E-state index contributed by atoms with van der Waals surface area (Å²) in [6.45, 7) is 0. The molecule has 3 rings (SSSR count). The number of carbonyl (C=O) groups excluding carboxylic acids is 1. The maximum Gasteiger partial charge on any atom is 0.257 e. The number of nitrogens with one attached hydrogen (secondary N) is 1. The highest BCUT2D eigenvalue weighted by Crippen LogP contribution is 2.40. The second kappa shape index (κ2) is 8.08. The van der Waals surface area contributed by atoms with Gasteiger partial charge in [-0.1, -0.05) is 18.9 Å². The van der Waals surface area contributed by atoms with Gasteiger partial charge in [0.1, 0.15) is 11.4 Å². The molecular formula is C19H22IN3O5. The summed E-state index contributed by atoms with van der Waals surface area (Å²) in [5, 5.41) is 23.7. The number of aliphatic hydroxyl groups is 1. The molecule has 150 valence electrons. The number of nitrogens with zero attached hydrogens (tertiary/aromatic N) is 2. The largest absolute Gasteiger partial charge is 0.505 e. The highest BCUT2D eigenvalue weighted by atomic mass is 127. The minimum absolute atomic E-state index is 0.0973. The van der Waals surface area contributed by atoms with Crippen LogP contribution in [0.5, 0.6) is 5.75 Å². The van der Waals surface area contributed by atoms with Crippen LogP contribution in [-0.4, -0.2) is 47.3 Å². The number of carbonyl (C=O) groups is 1. The summed E-state index contributed by atoms with van der Waals surface area (Å²) < 4.78 is 1.38. The van der Waals surface area contributed by atoms with Crippen LogP contribution in [0.25, 0.3) is 0 Å². The predicted octanol–water partition coefficient (Wildman–Crippen LogP) is 1.89. The molecule has 1 amide bonds. The number of aromatic hydroxyl groups is 1. The van der Waals surface area contributed by atoms with Crippen LogP contribution in [0.3, 0.4) is 0 Å². The zero-order valence-corrected chi connectivity index (χ0v) is 17.8. The molecule has 1 saturated carbocycles. The van der Waals surface area contributed by atoms with Crippen LogP contribution in [-0.2, 0) is 0 Å². The van der Waals surface area contributed by atoms with Crippen molar-refractivity contribution in [1.29, 1.82) is 0 Å². The molecule has 0 radical (unpaired) electrons. The van der Waals surface area contributed by atoms with E-state index in [9.17, 15) is 24.6 Å². The van der Waals surface area contributed by atoms with Crippen LogP contribution >= 0.6 is 22.9 Å². The zero-order valence-electron chi connectivity index (χ0n) is 15.6. The molecule has 1 unspecified atom stereocenters. The molecule has 2 atom stereocenters. The van der Waals surface area contributed by atoms with Gasteiger partial charge in [-0.05, 0) is 25.0 Å². The third kappa shape index (κ3) is 3.60. The Kier molecular flexibility index (Phi) is 5.94. The molecule has 9 heteroatoms. The predicted molar refractivity (Wildman–Crippen MR) is 116 cm³/mol. The number of halogens is 1. The summed E-state index contributed by atoms with van der Waals surface area (Å²) in [6, 6.07) is 4.35. The smallest absolute Gasteiger partial charge is 0.257 e. The summed E-state index contributed by atoms with van der Waals surface area (Å²) >= 11 is 1.82. The number of aliphatic hydroxyl groups excluding tert-OH is 1. The average Bonchev–Trinajstić information content (AvgIpc) is 2.68. The van der Waals surface area contributed by atoms with Crippen molar-refractivity contribution in [2.45, 2.75) is 37.8 Å². The molecule has 1 aliphatic carbocycles. The summed E-state index contributed by atoms with van der Waals surface area (Å²) in [5.41, 5.74) is -0.754. The van der Waals surface area contributed by atoms with Gasteiger partial charge in [0, 0.05) is 14.1 Å². The van der Waals surface area contributed by atoms with Crippen molar-refractivity contribution in [3.63, 3.8) is 0 Å². The first-order valence-electron chi connectivity index (χ1n) is 9.01. The van der Waals surface area contributed by atoms with Gasteiger partial charge in [-0.25, -0.2) is 0 Å². The lowest BCUT2D eigenvalue weighted by atomic mass is 9.92. The van der Waals surface area contributed by atoms with E-state index < -0.39 is 17.0 Å². The Morgan fingerprint density at radius 2 is 1.86 bits per heavy atom. The first kappa shape index (κ1) is 20.6. The molecule has 3 N–H and O–H groups in total. The van der Waals surface area contributed by atoms with Gasteiger partial charge in [-0.2, -0.15) is 0 Å². The van der Waals surface area contributed by atoms with E-state index in [0.717, 1.165) is 12.8 Å². The van der Waals surface area contributed by atoms with Crippen LogP contribution in [0.4, 0.5) is 17.1 Å². The Labute approximate surface area is 176 Å². The normalized spacial score (nSPS) is 19.4. The third-order valence-electron chi connectivity index (χ3n) is 5.00. The van der Waals surface area contributed by atoms with Gasteiger partial charge in [-0.3, -0.25) is 17.5 Å². The number of rotatable bonds is 5. The quantitative estimate of drug-likeness (QED) is 0.328. The van der Waals surface area contributed by atoms with Gasteiger partial charge in [0.15, 0.2) is 5.75 Å². The molecule has 0 aliphatic heterocycles. The molecule has 2 aromatic rings. The highest BCUT2D eigenvalue weighted by molar-refractivity contribution is 14.1. The number of phenolic OH excluding ortho intramolecular Hbond substituents is 1. The second-order valence-corrected chi connectivity index (χ2v) is 8.10. The molecule has 1 aliphatic rings. The van der Waals surface area contributed by atoms with Crippen molar-refractivity contribution in [3.8, 4) is 5.75 Å². The van der Waals surface area contributed by atoms with Crippen molar-refractivity contribution < 1.29 is 15.0 Å². The number of hydrogen-bond acceptors (Lipinski definition) is 7. The summed E-state index contributed by atoms with van der Waals surface area (Å²) in [7, 11) is 3.15. The molecule has 0 heterocycles. The Hall–Kier alpha value is -2.14. The molecule has 28 heavy (non-hydrogen) atoms. The Balaban J connectivity index is 1.94. The van der Waals surface area contributed by atoms with Crippen molar-refractivity contribution in [2.24, 2.45) is 0 Å². The molecule has 1 fully saturated rings. The number of hydrogen-bond donors (Lipinski definition) is 3. The maximum absolute atomic E-state index is 12.2. The van der Waals surface area contributed by atoms with Crippen LogP contribution in [0, 0.1) is 0 Å². The minimum Gasteiger partial charge on any atom is -0.505 e. The van der Waals surface area contributed by atoms with E-state index in [-0.39, 0.29) is 40.3 Å². The van der Waals surface area contributed by atoms with Crippen molar-refractivity contribution >= 4 is 45.8 Å². The monoisotopic (exact) mass is 499 g/mol. The first-order chi connectivity index (χ1) is 13.2. The van der Waals surface area contributed by atoms with Crippen LogP contribution < -0.4 is 19.3 Å². The van der Waals surface area contributed by atoms with Crippen molar-refractivity contribution in [2.75, 3.05) is 22.5 Å². The molecule has 0 spiro atoms. The van der Waals surface area contributed by atoms with Crippen molar-refractivity contribution in [3.05, 3.63) is 44.2 Å². The van der Waals surface area contributed by atoms with Gasteiger partial charge < -0.3 is 20.4 Å². The maximum atomic E-state index is 12.2. The van der Waals surface area contributed by atoms with E-state index in [4.69, 9.17) is 0 Å². The molecule has 0 aromatic heterocycles. The van der Waals surface area contributed by atoms with Gasteiger partial charge in [-0.15, -0.1) is 0 Å². The Bertz CT molecular complexity index is 967. The Morgan fingerprint density at radius 1 is 1.18 bits per heavy atom. The fourth-order valence-corrected chi connectivity index (χ4v) is 4.24. The number of anilines is 3. The summed E-state index contributed by atoms with van der Waals surface area (Å²) in [4.78, 5) is 38.0. The lowest BCUT2D eigenvalue weighted by Gasteiger charge is -2.31. The van der Waals surface area contributed by atoms with Crippen molar-refractivity contribution in [1.82, 2.24) is 4.90 Å². The lowest BCUT2D eigenvalue weighted by molar-refractivity contribution is 0.0824. The number of phenols is 1. The van der Waals surface area contributed by atoms with E-state index in [1.165, 1.54) is 14.1 Å². The second-order valence-electron chi connectivity index (χ2n) is 7.14. The van der Waals surface area contributed by atoms with Crippen LogP contribution in [0.1, 0.15) is 36.0 Å². The topological polar surface area (TPSA) is 110 Å². The summed E-state index contributed by atoms with van der Waals surface area (Å²) in [6.07, 6.45) is 2.63. The average molecular weight is 499 g/mol. The zero-order chi connectivity index (χ0) is 20.6. The molecule has 2 aromatic carbocycles. The highest BCUT2D eigenvalue weighted by Gasteiger charge is 2.32. The third-order valence-corrected chi connectivity index (χ3v) is 6.01. The van der Waals surface area contributed by atoms with Gasteiger partial charge in [0.25, 0.3) is 16.8 Å².